The van der Waals surface area contributed by atoms with Gasteiger partial charge in [-0.15, -0.1) is 0 Å². The molecule has 31 heavy (non-hydrogen) atoms. The Hall–Kier alpha value is -3.83. The molecule has 0 radical (unpaired) electrons. The number of ether oxygens (including phenoxy) is 1. The third kappa shape index (κ3) is 4.52. The van der Waals surface area contributed by atoms with Crippen molar-refractivity contribution in [3.63, 3.8) is 0 Å². The molecule has 1 amide bonds. The van der Waals surface area contributed by atoms with Crippen LogP contribution in [0.2, 0.25) is 5.15 Å². The highest BCUT2D eigenvalue weighted by molar-refractivity contribution is 6.31. The standard InChI is InChI=1S/C22H17ClFN3O4/c1-2-31-22(30)20-17(26-19(28)10-11-25)12-18(23)27(20)14-8-6-13(7-9-14)15-4-3-5-16(24)21(15)29/h3-9,12,29H,2,10H2,1H3,(H,26,28). The van der Waals surface area contributed by atoms with Gasteiger partial charge < -0.3 is 15.2 Å². The summed E-state index contributed by atoms with van der Waals surface area (Å²) in [6.45, 7) is 1.74. The highest BCUT2D eigenvalue weighted by atomic mass is 35.5. The van der Waals surface area contributed by atoms with Gasteiger partial charge in [-0.05, 0) is 36.8 Å². The van der Waals surface area contributed by atoms with E-state index < -0.39 is 29.9 Å². The van der Waals surface area contributed by atoms with Crippen molar-refractivity contribution >= 4 is 29.2 Å². The molecule has 1 aromatic heterocycles. The highest BCUT2D eigenvalue weighted by Gasteiger charge is 2.24. The first-order valence-corrected chi connectivity index (χ1v) is 9.58. The number of rotatable bonds is 6. The summed E-state index contributed by atoms with van der Waals surface area (Å²) in [6.07, 6.45) is -0.392. The van der Waals surface area contributed by atoms with Crippen molar-refractivity contribution in [3.05, 3.63) is 65.2 Å². The molecule has 3 aromatic rings. The summed E-state index contributed by atoms with van der Waals surface area (Å²) in [5, 5.41) is 21.3. The van der Waals surface area contributed by atoms with Gasteiger partial charge in [0, 0.05) is 11.3 Å². The van der Waals surface area contributed by atoms with Gasteiger partial charge in [-0.2, -0.15) is 5.26 Å². The lowest BCUT2D eigenvalue weighted by atomic mass is 10.0. The molecule has 1 heterocycles. The molecule has 3 rings (SSSR count). The Morgan fingerprint density at radius 3 is 2.61 bits per heavy atom. The van der Waals surface area contributed by atoms with Gasteiger partial charge in [-0.3, -0.25) is 9.36 Å². The van der Waals surface area contributed by atoms with E-state index in [-0.39, 0.29) is 23.1 Å². The number of hydrogen-bond acceptors (Lipinski definition) is 5. The van der Waals surface area contributed by atoms with Crippen LogP contribution in [0.4, 0.5) is 10.1 Å². The van der Waals surface area contributed by atoms with Crippen LogP contribution < -0.4 is 5.32 Å². The zero-order chi connectivity index (χ0) is 22.5. The lowest BCUT2D eigenvalue weighted by Crippen LogP contribution is -2.17. The molecule has 0 saturated carbocycles. The van der Waals surface area contributed by atoms with E-state index in [1.807, 2.05) is 0 Å². The molecule has 7 nitrogen and oxygen atoms in total. The van der Waals surface area contributed by atoms with E-state index in [1.165, 1.54) is 16.7 Å². The van der Waals surface area contributed by atoms with Crippen molar-refractivity contribution < 1.29 is 23.8 Å². The van der Waals surface area contributed by atoms with Crippen molar-refractivity contribution in [2.75, 3.05) is 11.9 Å². The SMILES string of the molecule is CCOC(=O)c1c(NC(=O)CC#N)cc(Cl)n1-c1ccc(-c2cccc(F)c2O)cc1. The number of amides is 1. The second-order valence-electron chi connectivity index (χ2n) is 6.35. The number of nitriles is 1. The van der Waals surface area contributed by atoms with Crippen LogP contribution in [0.25, 0.3) is 16.8 Å². The first kappa shape index (κ1) is 21.9. The molecule has 0 saturated heterocycles. The number of phenolic OH excluding ortho intramolecular Hbond substituents is 1. The lowest BCUT2D eigenvalue weighted by Gasteiger charge is -2.13. The number of aromatic hydroxyl groups is 1. The summed E-state index contributed by atoms with van der Waals surface area (Å²) in [5.41, 5.74) is 1.41. The van der Waals surface area contributed by atoms with E-state index in [4.69, 9.17) is 21.6 Å². The van der Waals surface area contributed by atoms with Gasteiger partial charge in [0.1, 0.15) is 11.6 Å². The van der Waals surface area contributed by atoms with Crippen LogP contribution >= 0.6 is 11.6 Å². The van der Waals surface area contributed by atoms with Crippen LogP contribution in [-0.2, 0) is 9.53 Å². The summed E-state index contributed by atoms with van der Waals surface area (Å²) in [4.78, 5) is 24.5. The van der Waals surface area contributed by atoms with Crippen LogP contribution in [0.15, 0.2) is 48.5 Å². The van der Waals surface area contributed by atoms with Crippen molar-refractivity contribution in [2.45, 2.75) is 13.3 Å². The van der Waals surface area contributed by atoms with Crippen LogP contribution in [0.1, 0.15) is 23.8 Å². The zero-order valence-electron chi connectivity index (χ0n) is 16.4. The number of halogens is 2. The summed E-state index contributed by atoms with van der Waals surface area (Å²) in [6, 6.07) is 13.8. The molecular formula is C22H17ClFN3O4. The molecule has 9 heteroatoms. The second kappa shape index (κ2) is 9.32. The number of nitrogens with zero attached hydrogens (tertiary/aromatic N) is 2. The fourth-order valence-corrected chi connectivity index (χ4v) is 3.32. The van der Waals surface area contributed by atoms with Crippen LogP contribution in [0, 0.1) is 17.1 Å². The number of anilines is 1. The van der Waals surface area contributed by atoms with Gasteiger partial charge in [0.2, 0.25) is 5.91 Å². The maximum Gasteiger partial charge on any atom is 0.357 e. The van der Waals surface area contributed by atoms with Crippen molar-refractivity contribution in [2.24, 2.45) is 0 Å². The molecule has 0 atom stereocenters. The average molecular weight is 442 g/mol. The topological polar surface area (TPSA) is 104 Å². The number of aromatic nitrogens is 1. The van der Waals surface area contributed by atoms with Crippen molar-refractivity contribution in [3.8, 4) is 28.6 Å². The Kier molecular flexibility index (Phi) is 6.58. The predicted molar refractivity (Wildman–Crippen MR) is 113 cm³/mol. The van der Waals surface area contributed by atoms with Crippen molar-refractivity contribution in [1.82, 2.24) is 4.57 Å². The Morgan fingerprint density at radius 2 is 1.97 bits per heavy atom. The van der Waals surface area contributed by atoms with Crippen LogP contribution in [0.5, 0.6) is 5.75 Å². The summed E-state index contributed by atoms with van der Waals surface area (Å²) in [5.74, 6) is -2.52. The summed E-state index contributed by atoms with van der Waals surface area (Å²) < 4.78 is 20.1. The van der Waals surface area contributed by atoms with E-state index >= 15 is 0 Å². The average Bonchev–Trinajstić information content (AvgIpc) is 3.06. The fourth-order valence-electron chi connectivity index (χ4n) is 3.03. The third-order valence-corrected chi connectivity index (χ3v) is 4.64. The monoisotopic (exact) mass is 441 g/mol. The molecule has 0 spiro atoms. The normalized spacial score (nSPS) is 10.4. The molecule has 0 aliphatic carbocycles. The van der Waals surface area contributed by atoms with E-state index in [2.05, 4.69) is 5.32 Å². The smallest absolute Gasteiger partial charge is 0.357 e. The zero-order valence-corrected chi connectivity index (χ0v) is 17.1. The Morgan fingerprint density at radius 1 is 1.26 bits per heavy atom. The third-order valence-electron chi connectivity index (χ3n) is 4.36. The molecule has 0 aliphatic heterocycles. The molecule has 0 fully saturated rings. The van der Waals surface area contributed by atoms with E-state index in [9.17, 15) is 19.1 Å². The number of carbonyl (C=O) groups is 2. The minimum absolute atomic E-state index is 0.0144. The van der Waals surface area contributed by atoms with Gasteiger partial charge in [-0.25, -0.2) is 9.18 Å². The number of benzene rings is 2. The molecule has 2 N–H and O–H groups in total. The van der Waals surface area contributed by atoms with Gasteiger partial charge in [0.05, 0.1) is 18.4 Å². The van der Waals surface area contributed by atoms with Gasteiger partial charge in [0.25, 0.3) is 0 Å². The van der Waals surface area contributed by atoms with E-state index in [0.29, 0.717) is 16.8 Å². The number of hydrogen-bond donors (Lipinski definition) is 2. The first-order chi connectivity index (χ1) is 14.9. The largest absolute Gasteiger partial charge is 0.504 e. The Labute approximate surface area is 182 Å². The molecule has 0 bridgehead atoms. The maximum absolute atomic E-state index is 13.7. The molecular weight excluding hydrogens is 425 g/mol. The van der Waals surface area contributed by atoms with Gasteiger partial charge in [0.15, 0.2) is 17.3 Å². The number of phenols is 1. The number of nitrogens with one attached hydrogen (secondary N) is 1. The summed E-state index contributed by atoms with van der Waals surface area (Å²) in [7, 11) is 0. The van der Waals surface area contributed by atoms with E-state index in [1.54, 1.807) is 43.3 Å². The molecule has 0 aliphatic rings. The quantitative estimate of drug-likeness (QED) is 0.541. The van der Waals surface area contributed by atoms with Gasteiger partial charge >= 0.3 is 5.97 Å². The van der Waals surface area contributed by atoms with E-state index in [0.717, 1.165) is 6.07 Å². The number of para-hydroxylation sites is 1. The minimum Gasteiger partial charge on any atom is -0.504 e. The van der Waals surface area contributed by atoms with Crippen LogP contribution in [-0.4, -0.2) is 28.2 Å². The maximum atomic E-state index is 13.7. The van der Waals surface area contributed by atoms with Gasteiger partial charge in [-0.1, -0.05) is 35.9 Å². The fraction of sp³-hybridized carbons (Fsp3) is 0.136. The molecule has 2 aromatic carbocycles. The second-order valence-corrected chi connectivity index (χ2v) is 6.74. The van der Waals surface area contributed by atoms with Crippen LogP contribution in [0.3, 0.4) is 0 Å². The minimum atomic E-state index is -0.739. The Bertz CT molecular complexity index is 1180. The Balaban J connectivity index is 2.06. The lowest BCUT2D eigenvalue weighted by molar-refractivity contribution is -0.115. The number of esters is 1. The molecule has 0 unspecified atom stereocenters. The number of carbonyl (C=O) groups excluding carboxylic acids is 2. The predicted octanol–water partition coefficient (Wildman–Crippen LogP) is 4.67. The van der Waals surface area contributed by atoms with Crippen molar-refractivity contribution in [1.29, 1.82) is 5.26 Å². The molecule has 158 valence electrons. The first-order valence-electron chi connectivity index (χ1n) is 9.20. The highest BCUT2D eigenvalue weighted by Crippen LogP contribution is 2.34. The summed E-state index contributed by atoms with van der Waals surface area (Å²) >= 11 is 6.34.